The molecule has 3 nitrogen and oxygen atoms in total. The van der Waals surface area contributed by atoms with Crippen LogP contribution in [0.5, 0.6) is 0 Å². The Hall–Kier alpha value is -1.91. The van der Waals surface area contributed by atoms with Crippen molar-refractivity contribution in [2.45, 2.75) is 19.9 Å². The SMILES string of the molecule is Cc1ccc(Cl)cc1NC(=O)CCNCc1ccccc1F. The van der Waals surface area contributed by atoms with Crippen LogP contribution >= 0.6 is 11.6 Å². The Morgan fingerprint density at radius 3 is 2.77 bits per heavy atom. The third-order valence-electron chi connectivity index (χ3n) is 3.28. The van der Waals surface area contributed by atoms with Crippen LogP contribution in [-0.4, -0.2) is 12.5 Å². The van der Waals surface area contributed by atoms with E-state index in [0.29, 0.717) is 35.8 Å². The van der Waals surface area contributed by atoms with Crippen LogP contribution in [0.25, 0.3) is 0 Å². The highest BCUT2D eigenvalue weighted by Gasteiger charge is 2.06. The first-order chi connectivity index (χ1) is 10.6. The lowest BCUT2D eigenvalue weighted by atomic mass is 10.2. The van der Waals surface area contributed by atoms with Crippen molar-refractivity contribution < 1.29 is 9.18 Å². The van der Waals surface area contributed by atoms with E-state index in [-0.39, 0.29) is 11.7 Å². The van der Waals surface area contributed by atoms with Crippen LogP contribution in [0.4, 0.5) is 10.1 Å². The van der Waals surface area contributed by atoms with Crippen LogP contribution in [0.1, 0.15) is 17.5 Å². The smallest absolute Gasteiger partial charge is 0.225 e. The van der Waals surface area contributed by atoms with Crippen LogP contribution in [0.3, 0.4) is 0 Å². The summed E-state index contributed by atoms with van der Waals surface area (Å²) in [6, 6.07) is 11.9. The Morgan fingerprint density at radius 2 is 2.00 bits per heavy atom. The molecule has 2 aromatic carbocycles. The first-order valence-corrected chi connectivity index (χ1v) is 7.44. The summed E-state index contributed by atoms with van der Waals surface area (Å²) in [5, 5.41) is 6.46. The average molecular weight is 321 g/mol. The largest absolute Gasteiger partial charge is 0.326 e. The van der Waals surface area contributed by atoms with Gasteiger partial charge in [0.25, 0.3) is 0 Å². The molecular weight excluding hydrogens is 303 g/mol. The van der Waals surface area contributed by atoms with E-state index < -0.39 is 0 Å². The minimum Gasteiger partial charge on any atom is -0.326 e. The maximum Gasteiger partial charge on any atom is 0.225 e. The number of carbonyl (C=O) groups is 1. The van der Waals surface area contributed by atoms with E-state index in [9.17, 15) is 9.18 Å². The standard InChI is InChI=1S/C17H18ClFN2O/c1-12-6-7-14(18)10-16(12)21-17(22)8-9-20-11-13-4-2-3-5-15(13)19/h2-7,10,20H,8-9,11H2,1H3,(H,21,22). The molecule has 0 saturated carbocycles. The van der Waals surface area contributed by atoms with Crippen LogP contribution in [0, 0.1) is 12.7 Å². The molecule has 0 unspecified atom stereocenters. The number of halogens is 2. The molecule has 0 fully saturated rings. The number of benzene rings is 2. The summed E-state index contributed by atoms with van der Waals surface area (Å²) >= 11 is 5.91. The fraction of sp³-hybridized carbons (Fsp3) is 0.235. The molecule has 116 valence electrons. The second-order valence-electron chi connectivity index (χ2n) is 5.03. The molecule has 0 bridgehead atoms. The number of anilines is 1. The monoisotopic (exact) mass is 320 g/mol. The van der Waals surface area contributed by atoms with Gasteiger partial charge < -0.3 is 10.6 Å². The molecule has 1 amide bonds. The number of aryl methyl sites for hydroxylation is 1. The van der Waals surface area contributed by atoms with Gasteiger partial charge in [-0.3, -0.25) is 4.79 Å². The topological polar surface area (TPSA) is 41.1 Å². The molecule has 0 aliphatic rings. The highest BCUT2D eigenvalue weighted by atomic mass is 35.5. The summed E-state index contributed by atoms with van der Waals surface area (Å²) in [6.45, 7) is 2.78. The van der Waals surface area contributed by atoms with Crippen LogP contribution in [-0.2, 0) is 11.3 Å². The van der Waals surface area contributed by atoms with Crippen molar-refractivity contribution in [2.24, 2.45) is 0 Å². The molecule has 0 aliphatic carbocycles. The van der Waals surface area contributed by atoms with E-state index in [1.807, 2.05) is 13.0 Å². The van der Waals surface area contributed by atoms with Crippen LogP contribution in [0.15, 0.2) is 42.5 Å². The van der Waals surface area contributed by atoms with Gasteiger partial charge in [0.15, 0.2) is 0 Å². The van der Waals surface area contributed by atoms with E-state index >= 15 is 0 Å². The maximum absolute atomic E-state index is 13.4. The van der Waals surface area contributed by atoms with Gasteiger partial charge in [0, 0.05) is 35.8 Å². The molecule has 0 aliphatic heterocycles. The third kappa shape index (κ3) is 4.83. The second kappa shape index (κ2) is 7.92. The minimum atomic E-state index is -0.242. The van der Waals surface area contributed by atoms with Crippen molar-refractivity contribution in [1.82, 2.24) is 5.32 Å². The van der Waals surface area contributed by atoms with E-state index in [2.05, 4.69) is 10.6 Å². The number of carbonyl (C=O) groups excluding carboxylic acids is 1. The van der Waals surface area contributed by atoms with Crippen LogP contribution < -0.4 is 10.6 Å². The van der Waals surface area contributed by atoms with E-state index in [1.54, 1.807) is 30.3 Å². The molecule has 0 saturated heterocycles. The normalized spacial score (nSPS) is 10.5. The molecule has 0 atom stereocenters. The summed E-state index contributed by atoms with van der Waals surface area (Å²) < 4.78 is 13.4. The van der Waals surface area contributed by atoms with Gasteiger partial charge in [-0.05, 0) is 30.7 Å². The number of amides is 1. The Balaban J connectivity index is 1.76. The van der Waals surface area contributed by atoms with E-state index in [4.69, 9.17) is 11.6 Å². The highest BCUT2D eigenvalue weighted by Crippen LogP contribution is 2.20. The fourth-order valence-electron chi connectivity index (χ4n) is 2.01. The Bertz CT molecular complexity index is 661. The zero-order valence-corrected chi connectivity index (χ0v) is 13.1. The Morgan fingerprint density at radius 1 is 1.23 bits per heavy atom. The van der Waals surface area contributed by atoms with E-state index in [0.717, 1.165) is 5.56 Å². The van der Waals surface area contributed by atoms with Crippen molar-refractivity contribution in [3.05, 3.63) is 64.4 Å². The predicted molar refractivity (Wildman–Crippen MR) is 87.5 cm³/mol. The molecule has 0 radical (unpaired) electrons. The molecule has 5 heteroatoms. The summed E-state index contributed by atoms with van der Waals surface area (Å²) in [7, 11) is 0. The lowest BCUT2D eigenvalue weighted by Crippen LogP contribution is -2.22. The van der Waals surface area contributed by atoms with Gasteiger partial charge in [0.1, 0.15) is 5.82 Å². The van der Waals surface area contributed by atoms with Gasteiger partial charge in [0.05, 0.1) is 0 Å². The zero-order valence-electron chi connectivity index (χ0n) is 12.3. The number of rotatable bonds is 6. The van der Waals surface area contributed by atoms with Crippen molar-refractivity contribution in [2.75, 3.05) is 11.9 Å². The highest BCUT2D eigenvalue weighted by molar-refractivity contribution is 6.31. The van der Waals surface area contributed by atoms with Gasteiger partial charge in [-0.15, -0.1) is 0 Å². The number of hydrogen-bond acceptors (Lipinski definition) is 2. The summed E-state index contributed by atoms with van der Waals surface area (Å²) in [6.07, 6.45) is 0.306. The zero-order chi connectivity index (χ0) is 15.9. The molecule has 2 rings (SSSR count). The lowest BCUT2D eigenvalue weighted by Gasteiger charge is -2.09. The maximum atomic E-state index is 13.4. The van der Waals surface area contributed by atoms with Crippen molar-refractivity contribution >= 4 is 23.2 Å². The average Bonchev–Trinajstić information content (AvgIpc) is 2.49. The Labute approximate surface area is 134 Å². The second-order valence-corrected chi connectivity index (χ2v) is 5.46. The first kappa shape index (κ1) is 16.5. The quantitative estimate of drug-likeness (QED) is 0.792. The van der Waals surface area contributed by atoms with Crippen molar-refractivity contribution in [3.8, 4) is 0 Å². The first-order valence-electron chi connectivity index (χ1n) is 7.06. The lowest BCUT2D eigenvalue weighted by molar-refractivity contribution is -0.116. The van der Waals surface area contributed by atoms with Gasteiger partial charge in [0.2, 0.25) is 5.91 Å². The number of nitrogens with one attached hydrogen (secondary N) is 2. The molecule has 2 N–H and O–H groups in total. The molecular formula is C17H18ClFN2O. The molecule has 2 aromatic rings. The van der Waals surface area contributed by atoms with Gasteiger partial charge >= 0.3 is 0 Å². The molecule has 0 heterocycles. The Kier molecular flexibility index (Phi) is 5.92. The fourth-order valence-corrected chi connectivity index (χ4v) is 2.18. The summed E-state index contributed by atoms with van der Waals surface area (Å²) in [5.74, 6) is -0.347. The molecule has 0 aromatic heterocycles. The van der Waals surface area contributed by atoms with Crippen LogP contribution in [0.2, 0.25) is 5.02 Å². The summed E-state index contributed by atoms with van der Waals surface area (Å²) in [5.41, 5.74) is 2.26. The predicted octanol–water partition coefficient (Wildman–Crippen LogP) is 3.91. The van der Waals surface area contributed by atoms with Crippen molar-refractivity contribution in [3.63, 3.8) is 0 Å². The third-order valence-corrected chi connectivity index (χ3v) is 3.51. The van der Waals surface area contributed by atoms with Gasteiger partial charge in [-0.2, -0.15) is 0 Å². The number of hydrogen-bond donors (Lipinski definition) is 2. The minimum absolute atomic E-state index is 0.105. The molecule has 0 spiro atoms. The van der Waals surface area contributed by atoms with Gasteiger partial charge in [-0.25, -0.2) is 4.39 Å². The van der Waals surface area contributed by atoms with Gasteiger partial charge in [-0.1, -0.05) is 35.9 Å². The summed E-state index contributed by atoms with van der Waals surface area (Å²) in [4.78, 5) is 11.9. The van der Waals surface area contributed by atoms with E-state index in [1.165, 1.54) is 6.07 Å². The molecule has 22 heavy (non-hydrogen) atoms. The van der Waals surface area contributed by atoms with Crippen molar-refractivity contribution in [1.29, 1.82) is 0 Å².